The number of benzene rings is 1. The Morgan fingerprint density at radius 3 is 2.74 bits per heavy atom. The Morgan fingerprint density at radius 2 is 2.00 bits per heavy atom. The number of thiophene rings is 1. The standard InChI is InChI=1S/C20H24N4OS2/c1-2-3-7-12-21-19(25)15-27-20-23-22-18(14-17-11-8-13-26-17)24(20)16-9-5-4-6-10-16/h4-6,8-11,13H,2-3,7,12,14-15H2,1H3,(H,21,25). The van der Waals surface area contributed by atoms with E-state index in [-0.39, 0.29) is 5.91 Å². The van der Waals surface area contributed by atoms with Gasteiger partial charge in [-0.25, -0.2) is 0 Å². The maximum atomic E-state index is 12.1. The van der Waals surface area contributed by atoms with Crippen molar-refractivity contribution in [1.82, 2.24) is 20.1 Å². The SMILES string of the molecule is CCCCCNC(=O)CSc1nnc(Cc2cccs2)n1-c1ccccc1. The van der Waals surface area contributed by atoms with Crippen LogP contribution in [-0.4, -0.2) is 33.0 Å². The molecule has 2 heterocycles. The molecule has 0 saturated heterocycles. The van der Waals surface area contributed by atoms with Crippen LogP contribution in [0.3, 0.4) is 0 Å². The summed E-state index contributed by atoms with van der Waals surface area (Å²) < 4.78 is 2.05. The van der Waals surface area contributed by atoms with Gasteiger partial charge in [-0.1, -0.05) is 55.8 Å². The second-order valence-corrected chi connectivity index (χ2v) is 8.15. The molecule has 27 heavy (non-hydrogen) atoms. The van der Waals surface area contributed by atoms with E-state index in [2.05, 4.69) is 38.5 Å². The van der Waals surface area contributed by atoms with Gasteiger partial charge in [0.15, 0.2) is 5.16 Å². The molecule has 7 heteroatoms. The third-order valence-electron chi connectivity index (χ3n) is 4.06. The predicted molar refractivity (Wildman–Crippen MR) is 112 cm³/mol. The van der Waals surface area contributed by atoms with E-state index in [1.807, 2.05) is 36.4 Å². The monoisotopic (exact) mass is 400 g/mol. The number of para-hydroxylation sites is 1. The average Bonchev–Trinajstić information content (AvgIpc) is 3.34. The summed E-state index contributed by atoms with van der Waals surface area (Å²) in [7, 11) is 0. The Hall–Kier alpha value is -2.12. The van der Waals surface area contributed by atoms with E-state index in [1.165, 1.54) is 16.6 Å². The Bertz CT molecular complexity index is 831. The van der Waals surface area contributed by atoms with E-state index < -0.39 is 0 Å². The maximum absolute atomic E-state index is 12.1. The van der Waals surface area contributed by atoms with Gasteiger partial charge >= 0.3 is 0 Å². The summed E-state index contributed by atoms with van der Waals surface area (Å²) in [6, 6.07) is 14.2. The van der Waals surface area contributed by atoms with E-state index in [1.54, 1.807) is 11.3 Å². The third-order valence-corrected chi connectivity index (χ3v) is 5.87. The summed E-state index contributed by atoms with van der Waals surface area (Å²) in [5, 5.41) is 14.5. The highest BCUT2D eigenvalue weighted by atomic mass is 32.2. The molecule has 0 aliphatic rings. The zero-order valence-corrected chi connectivity index (χ0v) is 17.1. The van der Waals surface area contributed by atoms with Crippen molar-refractivity contribution in [3.8, 4) is 5.69 Å². The molecule has 0 atom stereocenters. The van der Waals surface area contributed by atoms with E-state index in [9.17, 15) is 4.79 Å². The number of hydrogen-bond donors (Lipinski definition) is 1. The molecule has 142 valence electrons. The molecule has 3 aromatic rings. The van der Waals surface area contributed by atoms with Gasteiger partial charge in [-0.3, -0.25) is 9.36 Å². The minimum absolute atomic E-state index is 0.0403. The number of nitrogens with zero attached hydrogens (tertiary/aromatic N) is 3. The van der Waals surface area contributed by atoms with Gasteiger partial charge in [0.05, 0.1) is 5.75 Å². The van der Waals surface area contributed by atoms with Crippen molar-refractivity contribution in [2.24, 2.45) is 0 Å². The highest BCUT2D eigenvalue weighted by molar-refractivity contribution is 7.99. The first-order valence-electron chi connectivity index (χ1n) is 9.19. The Kier molecular flexibility index (Phi) is 7.47. The normalized spacial score (nSPS) is 10.9. The number of hydrogen-bond acceptors (Lipinski definition) is 5. The van der Waals surface area contributed by atoms with Crippen molar-refractivity contribution >= 4 is 29.0 Å². The largest absolute Gasteiger partial charge is 0.355 e. The van der Waals surface area contributed by atoms with Gasteiger partial charge < -0.3 is 5.32 Å². The summed E-state index contributed by atoms with van der Waals surface area (Å²) in [6.07, 6.45) is 4.04. The fraction of sp³-hybridized carbons (Fsp3) is 0.350. The van der Waals surface area contributed by atoms with Gasteiger partial charge in [-0.2, -0.15) is 0 Å². The average molecular weight is 401 g/mol. The molecular weight excluding hydrogens is 376 g/mol. The summed E-state index contributed by atoms with van der Waals surface area (Å²) >= 11 is 3.14. The number of rotatable bonds is 10. The van der Waals surface area contributed by atoms with E-state index in [0.29, 0.717) is 5.75 Å². The molecule has 0 fully saturated rings. The van der Waals surface area contributed by atoms with Gasteiger partial charge in [-0.05, 0) is 30.0 Å². The Labute approximate surface area is 168 Å². The van der Waals surface area contributed by atoms with Crippen LogP contribution >= 0.6 is 23.1 Å². The lowest BCUT2D eigenvalue weighted by Crippen LogP contribution is -2.26. The van der Waals surface area contributed by atoms with E-state index >= 15 is 0 Å². The topological polar surface area (TPSA) is 59.8 Å². The molecule has 0 aliphatic carbocycles. The highest BCUT2D eigenvalue weighted by Crippen LogP contribution is 2.24. The first-order chi connectivity index (χ1) is 13.3. The molecule has 1 N–H and O–H groups in total. The first kappa shape index (κ1) is 19.6. The molecule has 0 bridgehead atoms. The van der Waals surface area contributed by atoms with Crippen LogP contribution in [0, 0.1) is 0 Å². The zero-order valence-electron chi connectivity index (χ0n) is 15.4. The summed E-state index contributed by atoms with van der Waals surface area (Å²) in [5.41, 5.74) is 1.01. The molecule has 3 rings (SSSR count). The number of nitrogens with one attached hydrogen (secondary N) is 1. The van der Waals surface area contributed by atoms with Crippen molar-refractivity contribution in [1.29, 1.82) is 0 Å². The molecule has 0 saturated carbocycles. The minimum Gasteiger partial charge on any atom is -0.355 e. The number of amides is 1. The lowest BCUT2D eigenvalue weighted by atomic mass is 10.2. The second-order valence-electron chi connectivity index (χ2n) is 6.17. The molecule has 2 aromatic heterocycles. The van der Waals surface area contributed by atoms with Gasteiger partial charge in [0.2, 0.25) is 5.91 Å². The number of thioether (sulfide) groups is 1. The number of carbonyl (C=O) groups is 1. The molecule has 5 nitrogen and oxygen atoms in total. The van der Waals surface area contributed by atoms with E-state index in [4.69, 9.17) is 0 Å². The quantitative estimate of drug-likeness (QED) is 0.407. The second kappa shape index (κ2) is 10.3. The van der Waals surface area contributed by atoms with Crippen molar-refractivity contribution in [3.63, 3.8) is 0 Å². The fourth-order valence-corrected chi connectivity index (χ4v) is 4.20. The van der Waals surface area contributed by atoms with Gasteiger partial charge in [-0.15, -0.1) is 21.5 Å². The zero-order chi connectivity index (χ0) is 18.9. The first-order valence-corrected chi connectivity index (χ1v) is 11.1. The molecule has 1 amide bonds. The van der Waals surface area contributed by atoms with Crippen LogP contribution in [0.4, 0.5) is 0 Å². The van der Waals surface area contributed by atoms with Crippen LogP contribution in [0.1, 0.15) is 36.9 Å². The summed E-state index contributed by atoms with van der Waals surface area (Å²) in [6.45, 7) is 2.89. The van der Waals surface area contributed by atoms with Crippen molar-refractivity contribution in [2.75, 3.05) is 12.3 Å². The minimum atomic E-state index is 0.0403. The summed E-state index contributed by atoms with van der Waals surface area (Å²) in [4.78, 5) is 13.3. The smallest absolute Gasteiger partial charge is 0.230 e. The van der Waals surface area contributed by atoms with Crippen LogP contribution in [0.2, 0.25) is 0 Å². The fourth-order valence-electron chi connectivity index (χ4n) is 2.70. The van der Waals surface area contributed by atoms with Crippen molar-refractivity contribution in [2.45, 2.75) is 37.8 Å². The molecule has 0 spiro atoms. The van der Waals surface area contributed by atoms with Crippen molar-refractivity contribution in [3.05, 3.63) is 58.5 Å². The van der Waals surface area contributed by atoms with Crippen LogP contribution in [0.25, 0.3) is 5.69 Å². The van der Waals surface area contributed by atoms with Crippen molar-refractivity contribution < 1.29 is 4.79 Å². The van der Waals surface area contributed by atoms with E-state index in [0.717, 1.165) is 48.9 Å². The maximum Gasteiger partial charge on any atom is 0.230 e. The van der Waals surface area contributed by atoms with Crippen LogP contribution < -0.4 is 5.32 Å². The Morgan fingerprint density at radius 1 is 1.15 bits per heavy atom. The summed E-state index contributed by atoms with van der Waals surface area (Å²) in [5.74, 6) is 1.27. The van der Waals surface area contributed by atoms with Gasteiger partial charge in [0.25, 0.3) is 0 Å². The highest BCUT2D eigenvalue weighted by Gasteiger charge is 2.16. The van der Waals surface area contributed by atoms with Gasteiger partial charge in [0.1, 0.15) is 5.82 Å². The third kappa shape index (κ3) is 5.68. The molecular formula is C20H24N4OS2. The van der Waals surface area contributed by atoms with Crippen LogP contribution in [-0.2, 0) is 11.2 Å². The predicted octanol–water partition coefficient (Wildman–Crippen LogP) is 4.32. The molecule has 0 aliphatic heterocycles. The molecule has 1 aromatic carbocycles. The lowest BCUT2D eigenvalue weighted by molar-refractivity contribution is -0.118. The lowest BCUT2D eigenvalue weighted by Gasteiger charge is -2.10. The molecule has 0 radical (unpaired) electrons. The van der Waals surface area contributed by atoms with Crippen LogP contribution in [0.15, 0.2) is 53.0 Å². The number of carbonyl (C=O) groups excluding carboxylic acids is 1. The van der Waals surface area contributed by atoms with Gasteiger partial charge in [0, 0.05) is 23.5 Å². The number of unbranched alkanes of at least 4 members (excludes halogenated alkanes) is 2. The van der Waals surface area contributed by atoms with Crippen LogP contribution in [0.5, 0.6) is 0 Å². The Balaban J connectivity index is 1.71. The molecule has 0 unspecified atom stereocenters. The number of aromatic nitrogens is 3.